The first kappa shape index (κ1) is 25.1. The number of allylic oxidation sites excluding steroid dienone is 2. The van der Waals surface area contributed by atoms with Gasteiger partial charge in [-0.2, -0.15) is 0 Å². The molecule has 176 valence electrons. The van der Waals surface area contributed by atoms with Gasteiger partial charge in [0, 0.05) is 0 Å². The number of aryl methyl sites for hydroxylation is 1. The average molecular weight is 587 g/mol. The van der Waals surface area contributed by atoms with Crippen LogP contribution in [0.4, 0.5) is 0 Å². The van der Waals surface area contributed by atoms with Crippen molar-refractivity contribution < 1.29 is 48.0 Å². The molecule has 2 aliphatic carbocycles. The summed E-state index contributed by atoms with van der Waals surface area (Å²) in [5, 5.41) is 1.32. The largest absolute Gasteiger partial charge is 1.00 e. The minimum absolute atomic E-state index is 0. The van der Waals surface area contributed by atoms with E-state index in [1.54, 1.807) is 0 Å². The number of benzene rings is 3. The van der Waals surface area contributed by atoms with Gasteiger partial charge in [-0.1, -0.05) is 0 Å². The summed E-state index contributed by atoms with van der Waals surface area (Å²) in [4.78, 5) is 0. The third kappa shape index (κ3) is 3.99. The molecule has 36 heavy (non-hydrogen) atoms. The van der Waals surface area contributed by atoms with E-state index in [1.165, 1.54) is 50.2 Å². The molecular formula is C31H24Cl2N2Zr. The molecule has 0 aliphatic heterocycles. The molecule has 2 nitrogen and oxygen atoms in total. The van der Waals surface area contributed by atoms with E-state index >= 15 is 0 Å². The maximum Gasteiger partial charge on any atom is -1.00 e. The van der Waals surface area contributed by atoms with E-state index in [1.807, 2.05) is 0 Å². The van der Waals surface area contributed by atoms with Crippen molar-refractivity contribution >= 4 is 28.8 Å². The Morgan fingerprint density at radius 1 is 0.778 bits per heavy atom. The second-order valence-corrected chi connectivity index (χ2v) is 13.0. The van der Waals surface area contributed by atoms with Crippen LogP contribution in [0.15, 0.2) is 103 Å². The minimum Gasteiger partial charge on any atom is -1.00 e. The molecule has 0 spiro atoms. The van der Waals surface area contributed by atoms with Gasteiger partial charge < -0.3 is 24.8 Å². The second-order valence-electron chi connectivity index (χ2n) is 9.18. The summed E-state index contributed by atoms with van der Waals surface area (Å²) in [7, 11) is 0. The summed E-state index contributed by atoms with van der Waals surface area (Å²) < 4.78 is 5.85. The summed E-state index contributed by atoms with van der Waals surface area (Å²) in [6.45, 7) is 2.25. The van der Waals surface area contributed by atoms with Gasteiger partial charge in [-0.3, -0.25) is 0 Å². The van der Waals surface area contributed by atoms with Crippen LogP contribution in [-0.4, -0.2) is 9.13 Å². The number of halogens is 2. The van der Waals surface area contributed by atoms with E-state index in [2.05, 4.69) is 132 Å². The standard InChI is InChI=1S/C18H14N.C13H10N.2ClH.Zr/c1-13-10-16-8-4-5-9-18(16)19(13)17-11-14-6-2-3-7-15(14)12-17;1-2-10-14(9-1)13-8-4-6-11-5-3-7-12(11)13;;;/h2-12H,1H3;1-10H;2*1H;/q;;;;+2/p-2. The van der Waals surface area contributed by atoms with Crippen molar-refractivity contribution in [3.8, 4) is 5.69 Å². The molecule has 2 aliphatic rings. The Bertz CT molecular complexity index is 1610. The van der Waals surface area contributed by atoms with E-state index in [-0.39, 0.29) is 24.8 Å². The normalized spacial score (nSPS) is 17.1. The van der Waals surface area contributed by atoms with Crippen LogP contribution in [-0.2, 0) is 23.2 Å². The van der Waals surface area contributed by atoms with Gasteiger partial charge in [0.05, 0.1) is 0 Å². The molecule has 5 aromatic rings. The third-order valence-corrected chi connectivity index (χ3v) is 11.6. The van der Waals surface area contributed by atoms with Gasteiger partial charge in [-0.05, 0) is 0 Å². The van der Waals surface area contributed by atoms with Crippen molar-refractivity contribution in [1.82, 2.24) is 9.13 Å². The van der Waals surface area contributed by atoms with Crippen molar-refractivity contribution in [2.24, 2.45) is 0 Å². The monoisotopic (exact) mass is 584 g/mol. The Morgan fingerprint density at radius 3 is 2.39 bits per heavy atom. The summed E-state index contributed by atoms with van der Waals surface area (Å²) in [5.74, 6) is 0. The number of fused-ring (bicyclic) bond motifs is 3. The van der Waals surface area contributed by atoms with Crippen molar-refractivity contribution in [3.05, 3.63) is 131 Å². The zero-order valence-corrected chi connectivity index (χ0v) is 23.7. The van der Waals surface area contributed by atoms with E-state index < -0.39 is 23.2 Å². The average Bonchev–Trinajstić information content (AvgIpc) is 3.64. The number of rotatable bonds is 4. The predicted molar refractivity (Wildman–Crippen MR) is 138 cm³/mol. The topological polar surface area (TPSA) is 9.86 Å². The molecule has 5 heteroatoms. The predicted octanol–water partition coefficient (Wildman–Crippen LogP) is 1.65. The molecule has 0 saturated carbocycles. The van der Waals surface area contributed by atoms with Crippen LogP contribution in [0.1, 0.15) is 35.2 Å². The second kappa shape index (κ2) is 10.1. The zero-order valence-electron chi connectivity index (χ0n) is 19.8. The molecule has 3 aromatic carbocycles. The van der Waals surface area contributed by atoms with Gasteiger partial charge in [0.15, 0.2) is 0 Å². The first-order valence-corrected chi connectivity index (χ1v) is 14.7. The van der Waals surface area contributed by atoms with Gasteiger partial charge in [0.25, 0.3) is 0 Å². The maximum absolute atomic E-state index is 2.52. The van der Waals surface area contributed by atoms with Gasteiger partial charge in [-0.15, -0.1) is 0 Å². The molecule has 0 N–H and O–H groups in total. The Labute approximate surface area is 235 Å². The number of para-hydroxylation sites is 1. The number of aromatic nitrogens is 2. The summed E-state index contributed by atoms with van der Waals surface area (Å²) in [5.41, 5.74) is 11.2. The quantitative estimate of drug-likeness (QED) is 0.303. The molecule has 2 heterocycles. The van der Waals surface area contributed by atoms with Crippen LogP contribution >= 0.6 is 0 Å². The van der Waals surface area contributed by atoms with Crippen molar-refractivity contribution in [1.29, 1.82) is 0 Å². The molecular weight excluding hydrogens is 562 g/mol. The fraction of sp³-hybridized carbons (Fsp3) is 0.0968. The van der Waals surface area contributed by atoms with Crippen LogP contribution in [0.25, 0.3) is 34.4 Å². The van der Waals surface area contributed by atoms with Gasteiger partial charge in [-0.25, -0.2) is 0 Å². The van der Waals surface area contributed by atoms with E-state index in [4.69, 9.17) is 0 Å². The molecule has 7 rings (SSSR count). The Hall–Kier alpha value is -2.58. The van der Waals surface area contributed by atoms with Gasteiger partial charge in [0.2, 0.25) is 0 Å². The molecule has 2 unspecified atom stereocenters. The van der Waals surface area contributed by atoms with Crippen LogP contribution in [0.2, 0.25) is 0 Å². The zero-order chi connectivity index (χ0) is 22.6. The fourth-order valence-corrected chi connectivity index (χ4v) is 10.2. The van der Waals surface area contributed by atoms with Crippen LogP contribution in [0.3, 0.4) is 0 Å². The first-order valence-electron chi connectivity index (χ1n) is 11.9. The summed E-state index contributed by atoms with van der Waals surface area (Å²) in [6.07, 6.45) is 11.6. The van der Waals surface area contributed by atoms with Gasteiger partial charge in [0.1, 0.15) is 0 Å². The van der Waals surface area contributed by atoms with E-state index in [0.29, 0.717) is 7.25 Å². The molecule has 0 amide bonds. The Balaban J connectivity index is 0.00000133. The number of hydrogen-bond donors (Lipinski definition) is 0. The van der Waals surface area contributed by atoms with E-state index in [0.717, 1.165) is 0 Å². The van der Waals surface area contributed by atoms with Crippen LogP contribution < -0.4 is 24.8 Å². The SMILES string of the molecule is Cc1cc2ccccc2n1C1=Cc2ccccc2[CH]1[Zr+2][CH]1C=Cc2c1cccc2-n1cccc1.[Cl-].[Cl-]. The molecule has 0 radical (unpaired) electrons. The number of hydrogen-bond acceptors (Lipinski definition) is 0. The summed E-state index contributed by atoms with van der Waals surface area (Å²) >= 11 is -0.940. The maximum atomic E-state index is 2.52. The fourth-order valence-electron chi connectivity index (χ4n) is 5.68. The molecule has 0 saturated heterocycles. The van der Waals surface area contributed by atoms with Crippen LogP contribution in [0.5, 0.6) is 0 Å². The molecule has 0 fully saturated rings. The Kier molecular flexibility index (Phi) is 7.01. The van der Waals surface area contributed by atoms with Crippen LogP contribution in [0, 0.1) is 6.92 Å². The smallest absolute Gasteiger partial charge is 1.00 e. The third-order valence-electron chi connectivity index (χ3n) is 7.20. The molecule has 2 aromatic heterocycles. The minimum atomic E-state index is -0.940. The molecule has 2 atom stereocenters. The van der Waals surface area contributed by atoms with Gasteiger partial charge >= 0.3 is 212 Å². The Morgan fingerprint density at radius 2 is 1.53 bits per heavy atom. The van der Waals surface area contributed by atoms with Crippen molar-refractivity contribution in [3.63, 3.8) is 0 Å². The van der Waals surface area contributed by atoms with Crippen molar-refractivity contribution in [2.45, 2.75) is 14.2 Å². The van der Waals surface area contributed by atoms with Crippen molar-refractivity contribution in [2.75, 3.05) is 0 Å². The molecule has 0 bridgehead atoms. The number of nitrogens with zero attached hydrogens (tertiary/aromatic N) is 2. The summed E-state index contributed by atoms with van der Waals surface area (Å²) in [6, 6.07) is 31.2. The first-order chi connectivity index (χ1) is 16.8. The van der Waals surface area contributed by atoms with E-state index in [9.17, 15) is 0 Å².